The van der Waals surface area contributed by atoms with Crippen LogP contribution in [0.5, 0.6) is 5.75 Å². The van der Waals surface area contributed by atoms with Gasteiger partial charge in [0, 0.05) is 5.75 Å². The summed E-state index contributed by atoms with van der Waals surface area (Å²) in [6.07, 6.45) is 2.26. The smallest absolute Gasteiger partial charge is 0.122 e. The van der Waals surface area contributed by atoms with Gasteiger partial charge in [-0.2, -0.15) is 11.8 Å². The van der Waals surface area contributed by atoms with Crippen molar-refractivity contribution in [3.8, 4) is 5.75 Å². The van der Waals surface area contributed by atoms with Crippen LogP contribution in [0.25, 0.3) is 0 Å². The number of aliphatic hydroxyl groups excluding tert-OH is 1. The highest BCUT2D eigenvalue weighted by molar-refractivity contribution is 7.98. The lowest BCUT2D eigenvalue weighted by atomic mass is 10.2. The second-order valence-electron chi connectivity index (χ2n) is 5.35. The van der Waals surface area contributed by atoms with Crippen molar-refractivity contribution in [2.24, 2.45) is 0 Å². The Labute approximate surface area is 137 Å². The van der Waals surface area contributed by atoms with E-state index in [0.29, 0.717) is 0 Å². The van der Waals surface area contributed by atoms with Crippen LogP contribution < -0.4 is 4.74 Å². The van der Waals surface area contributed by atoms with Crippen molar-refractivity contribution < 1.29 is 9.84 Å². The maximum Gasteiger partial charge on any atom is 0.122 e. The topological polar surface area (TPSA) is 29.5 Å². The van der Waals surface area contributed by atoms with Crippen LogP contribution in [-0.4, -0.2) is 17.5 Å². The Morgan fingerprint density at radius 3 is 2.41 bits per heavy atom. The Kier molecular flexibility index (Phi) is 7.34. The van der Waals surface area contributed by atoms with Crippen LogP contribution in [0.2, 0.25) is 0 Å². The normalized spacial score (nSPS) is 10.6. The van der Waals surface area contributed by atoms with E-state index < -0.39 is 0 Å². The number of benzene rings is 2. The zero-order chi connectivity index (χ0) is 15.6. The predicted octanol–water partition coefficient (Wildman–Crippen LogP) is 4.58. The van der Waals surface area contributed by atoms with Gasteiger partial charge in [0.25, 0.3) is 0 Å². The lowest BCUT2D eigenvalue weighted by molar-refractivity contribution is 0.282. The molecule has 2 aromatic carbocycles. The molecule has 0 aliphatic carbocycles. The van der Waals surface area contributed by atoms with Gasteiger partial charge in [-0.1, -0.05) is 42.5 Å². The number of unbranched alkanes of at least 4 members (excludes halogenated alkanes) is 1. The molecule has 0 spiro atoms. The third-order valence-electron chi connectivity index (χ3n) is 3.51. The minimum atomic E-state index is 0.119. The number of hydrogen-bond acceptors (Lipinski definition) is 3. The zero-order valence-corrected chi connectivity index (χ0v) is 13.9. The van der Waals surface area contributed by atoms with Crippen LogP contribution in [0, 0.1) is 6.92 Å². The molecule has 3 heteroatoms. The Hall–Kier alpha value is -1.45. The molecule has 118 valence electrons. The second-order valence-corrected chi connectivity index (χ2v) is 6.45. The molecule has 0 unspecified atom stereocenters. The van der Waals surface area contributed by atoms with Gasteiger partial charge in [0.1, 0.15) is 5.75 Å². The van der Waals surface area contributed by atoms with E-state index >= 15 is 0 Å². The Morgan fingerprint density at radius 1 is 0.955 bits per heavy atom. The number of para-hydroxylation sites is 1. The van der Waals surface area contributed by atoms with E-state index in [1.165, 1.54) is 17.5 Å². The van der Waals surface area contributed by atoms with E-state index in [2.05, 4.69) is 25.1 Å². The molecule has 0 aliphatic rings. The van der Waals surface area contributed by atoms with Crippen LogP contribution in [0.1, 0.15) is 29.5 Å². The van der Waals surface area contributed by atoms with Crippen molar-refractivity contribution in [1.82, 2.24) is 0 Å². The van der Waals surface area contributed by atoms with Crippen molar-refractivity contribution in [3.63, 3.8) is 0 Å². The van der Waals surface area contributed by atoms with Crippen molar-refractivity contribution in [2.45, 2.75) is 32.1 Å². The highest BCUT2D eigenvalue weighted by Gasteiger charge is 1.98. The molecule has 0 saturated heterocycles. The monoisotopic (exact) mass is 316 g/mol. The standard InChI is InChI=1S/C19H24O2S/c1-16-6-2-3-7-19(16)21-12-4-5-13-22-15-18-10-8-17(14-20)9-11-18/h2-3,6-11,20H,4-5,12-15H2,1H3. The summed E-state index contributed by atoms with van der Waals surface area (Å²) >= 11 is 1.95. The van der Waals surface area contributed by atoms with Gasteiger partial charge in [0.15, 0.2) is 0 Å². The van der Waals surface area contributed by atoms with Gasteiger partial charge in [0.05, 0.1) is 13.2 Å². The maximum absolute atomic E-state index is 9.01. The predicted molar refractivity (Wildman–Crippen MR) is 94.4 cm³/mol. The van der Waals surface area contributed by atoms with Gasteiger partial charge in [0.2, 0.25) is 0 Å². The summed E-state index contributed by atoms with van der Waals surface area (Å²) < 4.78 is 5.79. The van der Waals surface area contributed by atoms with E-state index in [1.807, 2.05) is 42.1 Å². The molecule has 0 amide bonds. The first-order valence-electron chi connectivity index (χ1n) is 7.74. The van der Waals surface area contributed by atoms with Crippen LogP contribution in [0.3, 0.4) is 0 Å². The van der Waals surface area contributed by atoms with Gasteiger partial charge < -0.3 is 9.84 Å². The average molecular weight is 316 g/mol. The first-order chi connectivity index (χ1) is 10.8. The second kappa shape index (κ2) is 9.54. The molecule has 0 radical (unpaired) electrons. The first kappa shape index (κ1) is 16.9. The van der Waals surface area contributed by atoms with Crippen LogP contribution in [-0.2, 0) is 12.4 Å². The first-order valence-corrected chi connectivity index (χ1v) is 8.90. The highest BCUT2D eigenvalue weighted by atomic mass is 32.2. The number of thioether (sulfide) groups is 1. The van der Waals surface area contributed by atoms with E-state index in [9.17, 15) is 0 Å². The number of aryl methyl sites for hydroxylation is 1. The van der Waals surface area contributed by atoms with E-state index in [0.717, 1.165) is 35.8 Å². The molecule has 0 saturated carbocycles. The molecule has 0 aromatic heterocycles. The van der Waals surface area contributed by atoms with Crippen molar-refractivity contribution in [1.29, 1.82) is 0 Å². The third kappa shape index (κ3) is 5.74. The molecule has 22 heavy (non-hydrogen) atoms. The molecule has 0 aliphatic heterocycles. The quantitative estimate of drug-likeness (QED) is 0.687. The Balaban J connectivity index is 1.55. The Bertz CT molecular complexity index is 552. The fourth-order valence-electron chi connectivity index (χ4n) is 2.14. The number of aliphatic hydroxyl groups is 1. The summed E-state index contributed by atoms with van der Waals surface area (Å²) in [6.45, 7) is 2.98. The molecule has 0 heterocycles. The lowest BCUT2D eigenvalue weighted by Crippen LogP contribution is -1.99. The summed E-state index contributed by atoms with van der Waals surface area (Å²) in [5, 5.41) is 9.01. The average Bonchev–Trinajstić information content (AvgIpc) is 2.56. The van der Waals surface area contributed by atoms with E-state index in [-0.39, 0.29) is 6.61 Å². The van der Waals surface area contributed by atoms with E-state index in [4.69, 9.17) is 9.84 Å². The lowest BCUT2D eigenvalue weighted by Gasteiger charge is -2.08. The van der Waals surface area contributed by atoms with Gasteiger partial charge in [-0.25, -0.2) is 0 Å². The van der Waals surface area contributed by atoms with Crippen molar-refractivity contribution in [3.05, 3.63) is 65.2 Å². The molecule has 2 aromatic rings. The summed E-state index contributed by atoms with van der Waals surface area (Å²) in [5.41, 5.74) is 3.49. The largest absolute Gasteiger partial charge is 0.493 e. The van der Waals surface area contributed by atoms with Crippen LogP contribution >= 0.6 is 11.8 Å². The zero-order valence-electron chi connectivity index (χ0n) is 13.1. The number of ether oxygens (including phenoxy) is 1. The summed E-state index contributed by atoms with van der Waals surface area (Å²) in [5.74, 6) is 3.18. The van der Waals surface area contributed by atoms with Gasteiger partial charge >= 0.3 is 0 Å². The number of rotatable bonds is 9. The van der Waals surface area contributed by atoms with Gasteiger partial charge in [-0.3, -0.25) is 0 Å². The van der Waals surface area contributed by atoms with E-state index in [1.54, 1.807) is 0 Å². The highest BCUT2D eigenvalue weighted by Crippen LogP contribution is 2.17. The molecule has 2 rings (SSSR count). The Morgan fingerprint density at radius 2 is 1.68 bits per heavy atom. The van der Waals surface area contributed by atoms with Gasteiger partial charge in [-0.05, 0) is 48.3 Å². The SMILES string of the molecule is Cc1ccccc1OCCCCSCc1ccc(CO)cc1. The molecule has 1 N–H and O–H groups in total. The molecule has 0 atom stereocenters. The summed E-state index contributed by atoms with van der Waals surface area (Å²) in [7, 11) is 0. The fraction of sp³-hybridized carbons (Fsp3) is 0.368. The van der Waals surface area contributed by atoms with Crippen LogP contribution in [0.15, 0.2) is 48.5 Å². The molecule has 0 bridgehead atoms. The summed E-state index contributed by atoms with van der Waals surface area (Å²) in [4.78, 5) is 0. The third-order valence-corrected chi connectivity index (χ3v) is 4.62. The maximum atomic E-state index is 9.01. The molecular formula is C19H24O2S. The minimum absolute atomic E-state index is 0.119. The molecular weight excluding hydrogens is 292 g/mol. The van der Waals surface area contributed by atoms with Crippen LogP contribution in [0.4, 0.5) is 0 Å². The fourth-order valence-corrected chi connectivity index (χ4v) is 3.12. The number of hydrogen-bond donors (Lipinski definition) is 1. The van der Waals surface area contributed by atoms with Gasteiger partial charge in [-0.15, -0.1) is 0 Å². The van der Waals surface area contributed by atoms with Crippen molar-refractivity contribution in [2.75, 3.05) is 12.4 Å². The minimum Gasteiger partial charge on any atom is -0.493 e. The molecule has 0 fully saturated rings. The summed E-state index contributed by atoms with van der Waals surface area (Å²) in [6, 6.07) is 16.3. The molecule has 2 nitrogen and oxygen atoms in total. The van der Waals surface area contributed by atoms with Crippen molar-refractivity contribution >= 4 is 11.8 Å².